The number of aliphatic hydroxyl groups excluding tert-OH is 2. The summed E-state index contributed by atoms with van der Waals surface area (Å²) in [6.45, 7) is 2.81. The number of nitrogens with zero attached hydrogens (tertiary/aromatic N) is 1. The largest absolute Gasteiger partial charge is 0.388 e. The summed E-state index contributed by atoms with van der Waals surface area (Å²) in [5, 5.41) is 20.8. The monoisotopic (exact) mass is 174 g/mol. The number of carbonyl (C=O) groups is 1. The lowest BCUT2D eigenvalue weighted by atomic mass is 10.3. The maximum Gasteiger partial charge on any atom is 0.317 e. The first kappa shape index (κ1) is 9.28. The molecule has 0 spiro atoms. The highest BCUT2D eigenvalue weighted by Crippen LogP contribution is 2.09. The molecule has 2 amide bonds. The molecule has 5 heteroatoms. The fraction of sp³-hybridized carbons (Fsp3) is 0.857. The van der Waals surface area contributed by atoms with Crippen LogP contribution in [0, 0.1) is 0 Å². The van der Waals surface area contributed by atoms with Crippen LogP contribution in [0.2, 0.25) is 0 Å². The molecule has 2 atom stereocenters. The molecule has 1 aliphatic rings. The van der Waals surface area contributed by atoms with Gasteiger partial charge in [-0.3, -0.25) is 0 Å². The molecule has 1 aliphatic heterocycles. The van der Waals surface area contributed by atoms with Crippen LogP contribution < -0.4 is 5.32 Å². The van der Waals surface area contributed by atoms with Gasteiger partial charge in [0.2, 0.25) is 0 Å². The van der Waals surface area contributed by atoms with Crippen molar-refractivity contribution in [2.45, 2.75) is 19.1 Å². The van der Waals surface area contributed by atoms with Gasteiger partial charge in [-0.2, -0.15) is 0 Å². The summed E-state index contributed by atoms with van der Waals surface area (Å²) < 4.78 is 0. The summed E-state index contributed by atoms with van der Waals surface area (Å²) in [6, 6.07) is -0.229. The van der Waals surface area contributed by atoms with E-state index in [4.69, 9.17) is 10.2 Å². The highest BCUT2D eigenvalue weighted by Gasteiger charge is 2.32. The van der Waals surface area contributed by atoms with Crippen LogP contribution in [0.3, 0.4) is 0 Å². The first-order chi connectivity index (χ1) is 5.65. The van der Waals surface area contributed by atoms with E-state index in [2.05, 4.69) is 5.32 Å². The summed E-state index contributed by atoms with van der Waals surface area (Å²) >= 11 is 0. The van der Waals surface area contributed by atoms with Crippen LogP contribution in [0.1, 0.15) is 6.92 Å². The zero-order valence-electron chi connectivity index (χ0n) is 7.03. The molecule has 3 N–H and O–H groups in total. The molecular formula is C7H14N2O3. The number of likely N-dealkylation sites (tertiary alicyclic amines) is 1. The van der Waals surface area contributed by atoms with E-state index >= 15 is 0 Å². The molecule has 1 fully saturated rings. The van der Waals surface area contributed by atoms with Crippen molar-refractivity contribution < 1.29 is 15.0 Å². The van der Waals surface area contributed by atoms with Crippen LogP contribution in [0.25, 0.3) is 0 Å². The molecule has 0 aromatic rings. The van der Waals surface area contributed by atoms with Crippen LogP contribution in [0.5, 0.6) is 0 Å². The molecule has 0 aliphatic carbocycles. The van der Waals surface area contributed by atoms with Crippen molar-refractivity contribution >= 4 is 6.03 Å². The van der Waals surface area contributed by atoms with Crippen molar-refractivity contribution in [2.75, 3.05) is 19.6 Å². The number of amides is 2. The van der Waals surface area contributed by atoms with Crippen molar-refractivity contribution in [3.05, 3.63) is 0 Å². The molecule has 12 heavy (non-hydrogen) atoms. The molecule has 0 aromatic carbocycles. The van der Waals surface area contributed by atoms with E-state index in [1.165, 1.54) is 4.90 Å². The second-order valence-corrected chi connectivity index (χ2v) is 2.88. The van der Waals surface area contributed by atoms with Crippen LogP contribution >= 0.6 is 0 Å². The van der Waals surface area contributed by atoms with Crippen molar-refractivity contribution in [2.24, 2.45) is 0 Å². The van der Waals surface area contributed by atoms with Crippen LogP contribution in [-0.4, -0.2) is 53.0 Å². The number of rotatable bonds is 1. The highest BCUT2D eigenvalue weighted by atomic mass is 16.3. The third-order valence-electron chi connectivity index (χ3n) is 1.87. The first-order valence-electron chi connectivity index (χ1n) is 4.04. The van der Waals surface area contributed by atoms with E-state index in [1.54, 1.807) is 0 Å². The predicted octanol–water partition coefficient (Wildman–Crippen LogP) is -1.25. The van der Waals surface area contributed by atoms with Gasteiger partial charge in [0.1, 0.15) is 0 Å². The zero-order chi connectivity index (χ0) is 9.14. The Bertz CT molecular complexity index is 164. The average Bonchev–Trinajstić information content (AvgIpc) is 2.33. The number of β-amino-alcohol motifs (C(OH)–C–C–N with tert-alkyl or cyclic N) is 2. The van der Waals surface area contributed by atoms with E-state index in [-0.39, 0.29) is 19.1 Å². The number of aliphatic hydroxyl groups is 2. The second kappa shape index (κ2) is 3.73. The topological polar surface area (TPSA) is 72.8 Å². The summed E-state index contributed by atoms with van der Waals surface area (Å²) in [7, 11) is 0. The third kappa shape index (κ3) is 1.86. The minimum absolute atomic E-state index is 0.215. The van der Waals surface area contributed by atoms with Gasteiger partial charge in [-0.1, -0.05) is 0 Å². The number of carbonyl (C=O) groups excluding carboxylic acids is 1. The molecular weight excluding hydrogens is 160 g/mol. The normalized spacial score (nSPS) is 29.1. The molecule has 70 valence electrons. The second-order valence-electron chi connectivity index (χ2n) is 2.88. The molecule has 1 heterocycles. The molecule has 0 aromatic heterocycles. The highest BCUT2D eigenvalue weighted by molar-refractivity contribution is 5.74. The van der Waals surface area contributed by atoms with Crippen molar-refractivity contribution in [1.29, 1.82) is 0 Å². The van der Waals surface area contributed by atoms with Gasteiger partial charge in [0.25, 0.3) is 0 Å². The molecule has 5 nitrogen and oxygen atoms in total. The lowest BCUT2D eigenvalue weighted by Gasteiger charge is -2.14. The summed E-state index contributed by atoms with van der Waals surface area (Å²) in [4.78, 5) is 12.5. The van der Waals surface area contributed by atoms with E-state index < -0.39 is 12.2 Å². The number of hydrogen-bond acceptors (Lipinski definition) is 3. The first-order valence-corrected chi connectivity index (χ1v) is 4.04. The average molecular weight is 174 g/mol. The SMILES string of the molecule is CCNC(=O)N1CC(O)C(O)C1. The van der Waals surface area contributed by atoms with Gasteiger partial charge in [-0.05, 0) is 6.92 Å². The molecule has 2 unspecified atom stereocenters. The standard InChI is InChI=1S/C7H14N2O3/c1-2-8-7(12)9-3-5(10)6(11)4-9/h5-6,10-11H,2-4H2,1H3,(H,8,12). The van der Waals surface area contributed by atoms with Gasteiger partial charge in [-0.15, -0.1) is 0 Å². The lowest BCUT2D eigenvalue weighted by molar-refractivity contribution is 0.0572. The van der Waals surface area contributed by atoms with E-state index in [1.807, 2.05) is 6.92 Å². The maximum absolute atomic E-state index is 11.1. The number of nitrogens with one attached hydrogen (secondary N) is 1. The molecule has 0 radical (unpaired) electrons. The van der Waals surface area contributed by atoms with Gasteiger partial charge in [0.05, 0.1) is 25.3 Å². The Labute approximate surface area is 71.0 Å². The van der Waals surface area contributed by atoms with Crippen LogP contribution in [-0.2, 0) is 0 Å². The van der Waals surface area contributed by atoms with E-state index in [0.717, 1.165) is 0 Å². The quantitative estimate of drug-likeness (QED) is 0.465. The van der Waals surface area contributed by atoms with Gasteiger partial charge in [0, 0.05) is 6.54 Å². The van der Waals surface area contributed by atoms with Gasteiger partial charge in [0.15, 0.2) is 0 Å². The van der Waals surface area contributed by atoms with E-state index in [0.29, 0.717) is 6.54 Å². The molecule has 0 bridgehead atoms. The van der Waals surface area contributed by atoms with Gasteiger partial charge < -0.3 is 20.4 Å². The Kier molecular flexibility index (Phi) is 2.88. The Morgan fingerprint density at radius 3 is 2.42 bits per heavy atom. The molecule has 1 saturated heterocycles. The van der Waals surface area contributed by atoms with Crippen LogP contribution in [0.4, 0.5) is 4.79 Å². The Hall–Kier alpha value is -0.810. The summed E-state index contributed by atoms with van der Waals surface area (Å²) in [6.07, 6.45) is -1.60. The smallest absolute Gasteiger partial charge is 0.317 e. The summed E-state index contributed by atoms with van der Waals surface area (Å²) in [5.74, 6) is 0. The van der Waals surface area contributed by atoms with E-state index in [9.17, 15) is 4.79 Å². The van der Waals surface area contributed by atoms with Gasteiger partial charge >= 0.3 is 6.03 Å². The van der Waals surface area contributed by atoms with Crippen molar-refractivity contribution in [1.82, 2.24) is 10.2 Å². The van der Waals surface area contributed by atoms with Gasteiger partial charge in [-0.25, -0.2) is 4.79 Å². The predicted molar refractivity (Wildman–Crippen MR) is 42.7 cm³/mol. The Morgan fingerprint density at radius 1 is 1.50 bits per heavy atom. The fourth-order valence-electron chi connectivity index (χ4n) is 1.20. The number of hydrogen-bond donors (Lipinski definition) is 3. The minimum Gasteiger partial charge on any atom is -0.388 e. The lowest BCUT2D eigenvalue weighted by Crippen LogP contribution is -2.38. The molecule has 0 saturated carbocycles. The number of urea groups is 1. The fourth-order valence-corrected chi connectivity index (χ4v) is 1.20. The maximum atomic E-state index is 11.1. The summed E-state index contributed by atoms with van der Waals surface area (Å²) in [5.41, 5.74) is 0. The Balaban J connectivity index is 2.40. The Morgan fingerprint density at radius 2 is 2.00 bits per heavy atom. The van der Waals surface area contributed by atoms with Crippen molar-refractivity contribution in [3.8, 4) is 0 Å². The zero-order valence-corrected chi connectivity index (χ0v) is 7.03. The van der Waals surface area contributed by atoms with Crippen molar-refractivity contribution in [3.63, 3.8) is 0 Å². The molecule has 1 rings (SSSR count). The van der Waals surface area contributed by atoms with Crippen LogP contribution in [0.15, 0.2) is 0 Å². The third-order valence-corrected chi connectivity index (χ3v) is 1.87. The minimum atomic E-state index is -0.799.